The Morgan fingerprint density at radius 3 is 2.63 bits per heavy atom. The summed E-state index contributed by atoms with van der Waals surface area (Å²) in [7, 11) is 0. The summed E-state index contributed by atoms with van der Waals surface area (Å²) in [6, 6.07) is 7.37. The van der Waals surface area contributed by atoms with Crippen LogP contribution in [0.3, 0.4) is 0 Å². The van der Waals surface area contributed by atoms with Gasteiger partial charge in [-0.3, -0.25) is 14.8 Å². The number of rotatable bonds is 5. The zero-order chi connectivity index (χ0) is 13.5. The fraction of sp³-hybridized carbons (Fsp3) is 0.214. The molecule has 0 saturated carbocycles. The molecule has 0 aliphatic heterocycles. The first-order chi connectivity index (χ1) is 9.29. The van der Waals surface area contributed by atoms with E-state index in [4.69, 9.17) is 5.73 Å². The normalized spacial score (nSPS) is 10.2. The van der Waals surface area contributed by atoms with Crippen LogP contribution in [0.2, 0.25) is 0 Å². The Morgan fingerprint density at radius 1 is 1.16 bits per heavy atom. The lowest BCUT2D eigenvalue weighted by Gasteiger charge is -2.05. The molecular formula is C14H16N4O. The molecule has 0 unspecified atom stereocenters. The van der Waals surface area contributed by atoms with Gasteiger partial charge in [-0.2, -0.15) is 0 Å². The van der Waals surface area contributed by atoms with E-state index in [2.05, 4.69) is 15.3 Å². The summed E-state index contributed by atoms with van der Waals surface area (Å²) in [5.41, 5.74) is 7.97. The number of hydrogen-bond acceptors (Lipinski definition) is 4. The van der Waals surface area contributed by atoms with Gasteiger partial charge in [0.05, 0.1) is 0 Å². The van der Waals surface area contributed by atoms with E-state index in [9.17, 15) is 4.79 Å². The quantitative estimate of drug-likeness (QED) is 0.833. The van der Waals surface area contributed by atoms with Crippen molar-refractivity contribution < 1.29 is 4.79 Å². The van der Waals surface area contributed by atoms with Gasteiger partial charge in [-0.15, -0.1) is 0 Å². The third-order valence-electron chi connectivity index (χ3n) is 2.74. The Kier molecular flexibility index (Phi) is 4.58. The van der Waals surface area contributed by atoms with E-state index in [0.29, 0.717) is 18.8 Å². The van der Waals surface area contributed by atoms with Crippen LogP contribution in [0, 0.1) is 0 Å². The van der Waals surface area contributed by atoms with Gasteiger partial charge in [0.25, 0.3) is 5.91 Å². The van der Waals surface area contributed by atoms with Gasteiger partial charge in [0, 0.05) is 31.7 Å². The standard InChI is InChI=1S/C14H16N4O/c15-10-12-4-7-17-13(9-12)14(19)18-8-3-11-1-5-16-6-2-11/h1-2,4-7,9H,3,8,10,15H2,(H,18,19). The van der Waals surface area contributed by atoms with Gasteiger partial charge in [0.1, 0.15) is 5.69 Å². The molecule has 0 fully saturated rings. The highest BCUT2D eigenvalue weighted by atomic mass is 16.1. The molecule has 2 rings (SSSR count). The van der Waals surface area contributed by atoms with Crippen molar-refractivity contribution in [2.75, 3.05) is 6.54 Å². The number of carbonyl (C=O) groups is 1. The smallest absolute Gasteiger partial charge is 0.269 e. The molecule has 0 aliphatic rings. The molecule has 5 heteroatoms. The predicted molar refractivity (Wildman–Crippen MR) is 72.4 cm³/mol. The number of nitrogens with one attached hydrogen (secondary N) is 1. The highest BCUT2D eigenvalue weighted by Gasteiger charge is 2.06. The molecule has 0 atom stereocenters. The van der Waals surface area contributed by atoms with E-state index in [1.54, 1.807) is 30.7 Å². The van der Waals surface area contributed by atoms with Crippen LogP contribution in [0.15, 0.2) is 42.9 Å². The summed E-state index contributed by atoms with van der Waals surface area (Å²) in [4.78, 5) is 19.9. The minimum Gasteiger partial charge on any atom is -0.350 e. The second-order valence-electron chi connectivity index (χ2n) is 4.11. The van der Waals surface area contributed by atoms with Crippen LogP contribution in [0.4, 0.5) is 0 Å². The molecule has 3 N–H and O–H groups in total. The molecule has 0 bridgehead atoms. The maximum Gasteiger partial charge on any atom is 0.269 e. The van der Waals surface area contributed by atoms with Gasteiger partial charge in [-0.1, -0.05) is 0 Å². The van der Waals surface area contributed by atoms with Gasteiger partial charge in [-0.05, 0) is 41.8 Å². The van der Waals surface area contributed by atoms with E-state index in [0.717, 1.165) is 17.5 Å². The molecule has 5 nitrogen and oxygen atoms in total. The monoisotopic (exact) mass is 256 g/mol. The van der Waals surface area contributed by atoms with Crippen molar-refractivity contribution in [1.82, 2.24) is 15.3 Å². The Balaban J connectivity index is 1.87. The van der Waals surface area contributed by atoms with Crippen LogP contribution in [0.1, 0.15) is 21.6 Å². The molecule has 19 heavy (non-hydrogen) atoms. The van der Waals surface area contributed by atoms with Crippen molar-refractivity contribution >= 4 is 5.91 Å². The van der Waals surface area contributed by atoms with Crippen molar-refractivity contribution in [3.63, 3.8) is 0 Å². The molecule has 0 saturated heterocycles. The topological polar surface area (TPSA) is 80.9 Å². The fourth-order valence-corrected chi connectivity index (χ4v) is 1.69. The lowest BCUT2D eigenvalue weighted by atomic mass is 10.2. The number of amides is 1. The first-order valence-electron chi connectivity index (χ1n) is 6.11. The minimum atomic E-state index is -0.177. The number of pyridine rings is 2. The number of aromatic nitrogens is 2. The summed E-state index contributed by atoms with van der Waals surface area (Å²) >= 11 is 0. The average molecular weight is 256 g/mol. The Morgan fingerprint density at radius 2 is 1.89 bits per heavy atom. The molecule has 0 aromatic carbocycles. The number of nitrogens with zero attached hydrogens (tertiary/aromatic N) is 2. The second kappa shape index (κ2) is 6.61. The minimum absolute atomic E-state index is 0.177. The van der Waals surface area contributed by atoms with Gasteiger partial charge >= 0.3 is 0 Å². The summed E-state index contributed by atoms with van der Waals surface area (Å²) in [5.74, 6) is -0.177. The molecule has 0 spiro atoms. The number of nitrogens with two attached hydrogens (primary N) is 1. The molecule has 98 valence electrons. The first-order valence-corrected chi connectivity index (χ1v) is 6.11. The van der Waals surface area contributed by atoms with Gasteiger partial charge in [-0.25, -0.2) is 0 Å². The zero-order valence-corrected chi connectivity index (χ0v) is 10.5. The van der Waals surface area contributed by atoms with Gasteiger partial charge in [0.15, 0.2) is 0 Å². The highest BCUT2D eigenvalue weighted by molar-refractivity contribution is 5.92. The van der Waals surface area contributed by atoms with Crippen LogP contribution >= 0.6 is 0 Å². The van der Waals surface area contributed by atoms with Gasteiger partial charge < -0.3 is 11.1 Å². The number of carbonyl (C=O) groups excluding carboxylic acids is 1. The van der Waals surface area contributed by atoms with Crippen LogP contribution in [-0.4, -0.2) is 22.4 Å². The molecule has 1 amide bonds. The zero-order valence-electron chi connectivity index (χ0n) is 10.5. The van der Waals surface area contributed by atoms with E-state index >= 15 is 0 Å². The number of hydrogen-bond donors (Lipinski definition) is 2. The van der Waals surface area contributed by atoms with Crippen LogP contribution < -0.4 is 11.1 Å². The fourth-order valence-electron chi connectivity index (χ4n) is 1.69. The summed E-state index contributed by atoms with van der Waals surface area (Å²) in [6.07, 6.45) is 5.84. The maximum absolute atomic E-state index is 11.9. The van der Waals surface area contributed by atoms with Crippen molar-refractivity contribution in [1.29, 1.82) is 0 Å². The Hall–Kier alpha value is -2.27. The molecule has 0 aliphatic carbocycles. The SMILES string of the molecule is NCc1ccnc(C(=O)NCCc2ccncc2)c1. The molecule has 2 aromatic heterocycles. The van der Waals surface area contributed by atoms with Crippen LogP contribution in [0.5, 0.6) is 0 Å². The first kappa shape index (κ1) is 13.2. The average Bonchev–Trinajstić information content (AvgIpc) is 2.48. The summed E-state index contributed by atoms with van der Waals surface area (Å²) < 4.78 is 0. The van der Waals surface area contributed by atoms with E-state index in [1.807, 2.05) is 12.1 Å². The molecule has 2 heterocycles. The summed E-state index contributed by atoms with van der Waals surface area (Å²) in [5, 5.41) is 2.84. The summed E-state index contributed by atoms with van der Waals surface area (Å²) in [6.45, 7) is 0.969. The third kappa shape index (κ3) is 3.86. The van der Waals surface area contributed by atoms with Crippen molar-refractivity contribution in [3.8, 4) is 0 Å². The lowest BCUT2D eigenvalue weighted by molar-refractivity contribution is 0.0949. The van der Waals surface area contributed by atoms with Crippen LogP contribution in [-0.2, 0) is 13.0 Å². The van der Waals surface area contributed by atoms with E-state index in [-0.39, 0.29) is 5.91 Å². The van der Waals surface area contributed by atoms with Crippen molar-refractivity contribution in [3.05, 3.63) is 59.7 Å². The molecule has 0 radical (unpaired) electrons. The third-order valence-corrected chi connectivity index (χ3v) is 2.74. The van der Waals surface area contributed by atoms with Gasteiger partial charge in [0.2, 0.25) is 0 Å². The lowest BCUT2D eigenvalue weighted by Crippen LogP contribution is -2.26. The Bertz CT molecular complexity index is 542. The van der Waals surface area contributed by atoms with Crippen molar-refractivity contribution in [2.45, 2.75) is 13.0 Å². The molecule has 2 aromatic rings. The Labute approximate surface area is 111 Å². The van der Waals surface area contributed by atoms with Crippen LogP contribution in [0.25, 0.3) is 0 Å². The van der Waals surface area contributed by atoms with Crippen molar-refractivity contribution in [2.24, 2.45) is 5.73 Å². The largest absolute Gasteiger partial charge is 0.350 e. The maximum atomic E-state index is 11.9. The predicted octanol–water partition coefficient (Wildman–Crippen LogP) is 0.908. The second-order valence-corrected chi connectivity index (χ2v) is 4.11. The highest BCUT2D eigenvalue weighted by Crippen LogP contribution is 2.01. The van der Waals surface area contributed by atoms with E-state index < -0.39 is 0 Å². The molecular weight excluding hydrogens is 240 g/mol. The van der Waals surface area contributed by atoms with E-state index in [1.165, 1.54) is 0 Å².